The summed E-state index contributed by atoms with van der Waals surface area (Å²) in [6, 6.07) is 8.45. The molecule has 210 valence electrons. The van der Waals surface area contributed by atoms with Gasteiger partial charge in [-0.05, 0) is 85.6 Å². The minimum Gasteiger partial charge on any atom is -0.382 e. The molecule has 2 fully saturated rings. The number of nitrogens with zero attached hydrogens (tertiary/aromatic N) is 1. The molecule has 0 aliphatic heterocycles. The van der Waals surface area contributed by atoms with Crippen LogP contribution in [0.25, 0.3) is 0 Å². The Morgan fingerprint density at radius 1 is 1.15 bits per heavy atom. The molecule has 0 bridgehead atoms. The van der Waals surface area contributed by atoms with Crippen molar-refractivity contribution in [2.75, 3.05) is 27.4 Å². The van der Waals surface area contributed by atoms with Crippen LogP contribution < -0.4 is 5.32 Å². The molecule has 1 aromatic carbocycles. The van der Waals surface area contributed by atoms with Gasteiger partial charge in [-0.1, -0.05) is 48.3 Å². The van der Waals surface area contributed by atoms with Crippen LogP contribution in [0.3, 0.4) is 0 Å². The number of nitrogens with one attached hydrogen (secondary N) is 1. The molecule has 7 nitrogen and oxygen atoms in total. The summed E-state index contributed by atoms with van der Waals surface area (Å²) in [5.41, 5.74) is 6.06. The Kier molecular flexibility index (Phi) is 8.11. The van der Waals surface area contributed by atoms with E-state index < -0.39 is 6.09 Å². The van der Waals surface area contributed by atoms with E-state index in [-0.39, 0.29) is 22.7 Å². The van der Waals surface area contributed by atoms with Gasteiger partial charge in [0.2, 0.25) is 0 Å². The average molecular weight is 535 g/mol. The predicted molar refractivity (Wildman–Crippen MR) is 151 cm³/mol. The van der Waals surface area contributed by atoms with Gasteiger partial charge in [0.1, 0.15) is 0 Å². The van der Waals surface area contributed by atoms with E-state index in [4.69, 9.17) is 14.3 Å². The largest absolute Gasteiger partial charge is 0.433 e. The van der Waals surface area contributed by atoms with Gasteiger partial charge in [0.05, 0.1) is 18.4 Å². The summed E-state index contributed by atoms with van der Waals surface area (Å²) in [6.45, 7) is 5.36. The maximum atomic E-state index is 12.3. The molecule has 0 aromatic heterocycles. The highest BCUT2D eigenvalue weighted by Gasteiger charge is 2.61. The van der Waals surface area contributed by atoms with Crippen molar-refractivity contribution in [3.8, 4) is 0 Å². The van der Waals surface area contributed by atoms with Gasteiger partial charge in [0, 0.05) is 38.5 Å². The first kappa shape index (κ1) is 27.8. The zero-order valence-corrected chi connectivity index (χ0v) is 23.8. The van der Waals surface area contributed by atoms with Gasteiger partial charge in [-0.2, -0.15) is 0 Å². The van der Waals surface area contributed by atoms with Gasteiger partial charge in [-0.3, -0.25) is 9.63 Å². The SMILES string of the molecule is CCNC(=O)O/N=C/c1ccc([C@H]2C[C@@]3(C)[C@@H](CCC[C@]3(COC)OC)[C@@H]3CCC4=CC(=O)CCC4=C32)cc1. The van der Waals surface area contributed by atoms with Crippen LogP contribution in [-0.2, 0) is 19.1 Å². The molecule has 0 saturated heterocycles. The van der Waals surface area contributed by atoms with Crippen molar-refractivity contribution in [2.45, 2.75) is 76.7 Å². The van der Waals surface area contributed by atoms with Gasteiger partial charge >= 0.3 is 6.09 Å². The lowest BCUT2D eigenvalue weighted by Crippen LogP contribution is -2.61. The second kappa shape index (κ2) is 11.4. The van der Waals surface area contributed by atoms with E-state index in [0.717, 1.165) is 44.1 Å². The summed E-state index contributed by atoms with van der Waals surface area (Å²) in [5.74, 6) is 1.51. The number of carbonyl (C=O) groups excluding carboxylic acids is 2. The average Bonchev–Trinajstić information content (AvgIpc) is 2.93. The van der Waals surface area contributed by atoms with E-state index >= 15 is 0 Å². The third-order valence-corrected chi connectivity index (χ3v) is 10.0. The van der Waals surface area contributed by atoms with Gasteiger partial charge in [0.15, 0.2) is 5.78 Å². The monoisotopic (exact) mass is 534 g/mol. The van der Waals surface area contributed by atoms with Crippen molar-refractivity contribution in [3.05, 3.63) is 58.2 Å². The Labute approximate surface area is 232 Å². The quantitative estimate of drug-likeness (QED) is 0.260. The van der Waals surface area contributed by atoms with Crippen molar-refractivity contribution < 1.29 is 23.9 Å². The summed E-state index contributed by atoms with van der Waals surface area (Å²) in [5, 5.41) is 6.39. The number of fused-ring (bicyclic) bond motifs is 4. The van der Waals surface area contributed by atoms with Crippen molar-refractivity contribution in [3.63, 3.8) is 0 Å². The number of rotatable bonds is 7. The number of hydrogen-bond acceptors (Lipinski definition) is 6. The third kappa shape index (κ3) is 5.00. The molecular formula is C32H42N2O5. The third-order valence-electron chi connectivity index (χ3n) is 10.0. The number of benzene rings is 1. The molecule has 1 amide bonds. The van der Waals surface area contributed by atoms with Crippen molar-refractivity contribution in [1.29, 1.82) is 0 Å². The van der Waals surface area contributed by atoms with Gasteiger partial charge in [0.25, 0.3) is 0 Å². The van der Waals surface area contributed by atoms with Crippen LogP contribution >= 0.6 is 0 Å². The van der Waals surface area contributed by atoms with Crippen LogP contribution in [0.4, 0.5) is 4.79 Å². The van der Waals surface area contributed by atoms with Crippen molar-refractivity contribution in [1.82, 2.24) is 5.32 Å². The van der Waals surface area contributed by atoms with Crippen LogP contribution in [-0.4, -0.2) is 51.1 Å². The topological polar surface area (TPSA) is 86.2 Å². The minimum atomic E-state index is -0.563. The fourth-order valence-electron chi connectivity index (χ4n) is 8.25. The second-order valence-electron chi connectivity index (χ2n) is 11.8. The van der Waals surface area contributed by atoms with E-state index in [0.29, 0.717) is 31.4 Å². The highest BCUT2D eigenvalue weighted by molar-refractivity contribution is 5.93. The summed E-state index contributed by atoms with van der Waals surface area (Å²) in [4.78, 5) is 28.7. The first-order chi connectivity index (χ1) is 18.9. The molecule has 7 heteroatoms. The number of allylic oxidation sites excluding steroid dienone is 4. The van der Waals surface area contributed by atoms with Gasteiger partial charge in [-0.15, -0.1) is 0 Å². The molecule has 0 radical (unpaired) electrons. The molecule has 1 aromatic rings. The molecule has 0 spiro atoms. The van der Waals surface area contributed by atoms with Crippen LogP contribution in [0.5, 0.6) is 0 Å². The molecule has 2 saturated carbocycles. The number of methoxy groups -OCH3 is 2. The van der Waals surface area contributed by atoms with Crippen LogP contribution in [0.15, 0.2) is 52.2 Å². The van der Waals surface area contributed by atoms with Crippen LogP contribution in [0, 0.1) is 17.3 Å². The smallest absolute Gasteiger partial charge is 0.382 e. The zero-order chi connectivity index (χ0) is 27.6. The highest BCUT2D eigenvalue weighted by Crippen LogP contribution is 2.66. The van der Waals surface area contributed by atoms with E-state index in [1.54, 1.807) is 18.9 Å². The molecule has 4 aliphatic carbocycles. The van der Waals surface area contributed by atoms with Gasteiger partial charge in [-0.25, -0.2) is 4.79 Å². The van der Waals surface area contributed by atoms with Crippen molar-refractivity contribution in [2.24, 2.45) is 22.4 Å². The molecule has 5 rings (SSSR count). The lowest BCUT2D eigenvalue weighted by atomic mass is 9.45. The standard InChI is InChI=1S/C32H42N2O5/c1-5-33-30(36)39-34-19-21-8-10-22(11-9-21)27-18-31(2)28(7-6-16-32(31,38-4)20-37-3)26-14-12-23-17-24(35)13-15-25(23)29(26)27/h8-11,17,19,26-28H,5-7,12-16,18,20H2,1-4H3,(H,33,36)/b34-19+/t26-,27+,28-,31-,32+/m0/s1. The van der Waals surface area contributed by atoms with Crippen LogP contribution in [0.1, 0.15) is 82.3 Å². The summed E-state index contributed by atoms with van der Waals surface area (Å²) in [6.07, 6.45) is 10.8. The van der Waals surface area contributed by atoms with E-state index in [2.05, 4.69) is 29.5 Å². The Balaban J connectivity index is 1.54. The normalized spacial score (nSPS) is 32.3. The summed E-state index contributed by atoms with van der Waals surface area (Å²) < 4.78 is 12.2. The molecular weight excluding hydrogens is 492 g/mol. The number of carbonyl (C=O) groups is 2. The minimum absolute atomic E-state index is 0.0400. The Bertz CT molecular complexity index is 1180. The van der Waals surface area contributed by atoms with E-state index in [1.807, 2.05) is 32.2 Å². The van der Waals surface area contributed by atoms with Crippen LogP contribution in [0.2, 0.25) is 0 Å². The number of ketones is 1. The van der Waals surface area contributed by atoms with Crippen molar-refractivity contribution >= 4 is 18.1 Å². The molecule has 5 atom stereocenters. The predicted octanol–water partition coefficient (Wildman–Crippen LogP) is 6.09. The first-order valence-electron chi connectivity index (χ1n) is 14.4. The van der Waals surface area contributed by atoms with Gasteiger partial charge < -0.3 is 14.8 Å². The number of hydrogen-bond donors (Lipinski definition) is 1. The Morgan fingerprint density at radius 3 is 2.67 bits per heavy atom. The molecule has 4 aliphatic rings. The number of ether oxygens (including phenoxy) is 2. The molecule has 1 N–H and O–H groups in total. The molecule has 39 heavy (non-hydrogen) atoms. The fraction of sp³-hybridized carbons (Fsp3) is 0.594. The first-order valence-corrected chi connectivity index (χ1v) is 14.4. The lowest BCUT2D eigenvalue weighted by Gasteiger charge is -2.62. The Hall–Kier alpha value is -2.77. The fourth-order valence-corrected chi connectivity index (χ4v) is 8.25. The highest BCUT2D eigenvalue weighted by atomic mass is 16.7. The number of amides is 1. The Morgan fingerprint density at radius 2 is 1.95 bits per heavy atom. The van der Waals surface area contributed by atoms with E-state index in [9.17, 15) is 9.59 Å². The lowest BCUT2D eigenvalue weighted by molar-refractivity contribution is -0.203. The maximum Gasteiger partial charge on any atom is 0.433 e. The second-order valence-corrected chi connectivity index (χ2v) is 11.8. The maximum absolute atomic E-state index is 12.3. The zero-order valence-electron chi connectivity index (χ0n) is 23.8. The number of oxime groups is 1. The summed E-state index contributed by atoms with van der Waals surface area (Å²) in [7, 11) is 3.65. The summed E-state index contributed by atoms with van der Waals surface area (Å²) >= 11 is 0. The molecule has 0 heterocycles. The van der Waals surface area contributed by atoms with E-state index in [1.165, 1.54) is 23.1 Å². The molecule has 0 unspecified atom stereocenters.